The molecule has 2 aromatic heterocycles. The van der Waals surface area contributed by atoms with Crippen LogP contribution in [0.4, 0.5) is 0 Å². The number of aryl methyl sites for hydroxylation is 2. The average Bonchev–Trinajstić information content (AvgIpc) is 2.68. The van der Waals surface area contributed by atoms with Gasteiger partial charge in [0.15, 0.2) is 0 Å². The number of aromatic nitrogens is 2. The van der Waals surface area contributed by atoms with Crippen molar-refractivity contribution in [3.63, 3.8) is 0 Å². The fourth-order valence-corrected chi connectivity index (χ4v) is 2.57. The molecule has 0 aliphatic heterocycles. The van der Waals surface area contributed by atoms with Gasteiger partial charge in [-0.3, -0.25) is 0 Å². The van der Waals surface area contributed by atoms with Crippen LogP contribution < -0.4 is 0 Å². The molecule has 0 fully saturated rings. The Morgan fingerprint density at radius 3 is 2.82 bits per heavy atom. The number of benzene rings is 1. The van der Waals surface area contributed by atoms with Gasteiger partial charge in [-0.05, 0) is 25.0 Å². The predicted molar refractivity (Wildman–Crippen MR) is 72.7 cm³/mol. The van der Waals surface area contributed by atoms with Crippen LogP contribution in [0.3, 0.4) is 0 Å². The molecule has 0 amide bonds. The van der Waals surface area contributed by atoms with Gasteiger partial charge < -0.3 is 4.98 Å². The molecule has 0 saturated carbocycles. The van der Waals surface area contributed by atoms with Gasteiger partial charge in [-0.15, -0.1) is 0 Å². The first-order chi connectivity index (χ1) is 8.20. The van der Waals surface area contributed by atoms with E-state index in [1.165, 1.54) is 21.9 Å². The summed E-state index contributed by atoms with van der Waals surface area (Å²) >= 11 is 6.07. The first-order valence-corrected chi connectivity index (χ1v) is 6.15. The summed E-state index contributed by atoms with van der Waals surface area (Å²) in [5.41, 5.74) is 4.57. The SMILES string of the molecule is CCc1nc(Cl)cc2c1[nH]c1c(C)cccc12. The van der Waals surface area contributed by atoms with Crippen LogP contribution in [0.25, 0.3) is 21.8 Å². The van der Waals surface area contributed by atoms with Crippen molar-refractivity contribution in [2.45, 2.75) is 20.3 Å². The van der Waals surface area contributed by atoms with Crippen LogP contribution in [0.5, 0.6) is 0 Å². The summed E-state index contributed by atoms with van der Waals surface area (Å²) in [6.07, 6.45) is 0.878. The maximum absolute atomic E-state index is 6.07. The van der Waals surface area contributed by atoms with Gasteiger partial charge in [0.25, 0.3) is 0 Å². The summed E-state index contributed by atoms with van der Waals surface area (Å²) in [5.74, 6) is 0. The Labute approximate surface area is 105 Å². The van der Waals surface area contributed by atoms with E-state index in [-0.39, 0.29) is 0 Å². The van der Waals surface area contributed by atoms with Crippen LogP contribution in [0, 0.1) is 6.92 Å². The highest BCUT2D eigenvalue weighted by Crippen LogP contribution is 2.30. The Balaban J connectivity index is 2.55. The lowest BCUT2D eigenvalue weighted by Crippen LogP contribution is -1.89. The minimum Gasteiger partial charge on any atom is -0.353 e. The number of nitrogens with one attached hydrogen (secondary N) is 1. The third-order valence-corrected chi connectivity index (χ3v) is 3.40. The maximum Gasteiger partial charge on any atom is 0.130 e. The quantitative estimate of drug-likeness (QED) is 0.638. The van der Waals surface area contributed by atoms with Crippen molar-refractivity contribution in [2.24, 2.45) is 0 Å². The van der Waals surface area contributed by atoms with Crippen LogP contribution >= 0.6 is 11.6 Å². The lowest BCUT2D eigenvalue weighted by atomic mass is 10.1. The minimum absolute atomic E-state index is 0.566. The first kappa shape index (κ1) is 10.6. The zero-order valence-electron chi connectivity index (χ0n) is 9.84. The van der Waals surface area contributed by atoms with E-state index in [0.717, 1.165) is 17.6 Å². The molecule has 0 unspecified atom stereocenters. The van der Waals surface area contributed by atoms with Crippen LogP contribution in [-0.2, 0) is 6.42 Å². The number of hydrogen-bond donors (Lipinski definition) is 1. The molecule has 0 bridgehead atoms. The number of halogens is 1. The number of hydrogen-bond acceptors (Lipinski definition) is 1. The molecule has 1 aromatic carbocycles. The normalized spacial score (nSPS) is 11.5. The molecular formula is C14H13ClN2. The minimum atomic E-state index is 0.566. The molecule has 3 rings (SSSR count). The molecule has 2 heterocycles. The van der Waals surface area contributed by atoms with Gasteiger partial charge in [0.05, 0.1) is 11.2 Å². The monoisotopic (exact) mass is 244 g/mol. The number of para-hydroxylation sites is 1. The van der Waals surface area contributed by atoms with Gasteiger partial charge >= 0.3 is 0 Å². The van der Waals surface area contributed by atoms with E-state index < -0.39 is 0 Å². The largest absolute Gasteiger partial charge is 0.353 e. The second-order valence-corrected chi connectivity index (χ2v) is 4.68. The smallest absolute Gasteiger partial charge is 0.130 e. The molecule has 3 aromatic rings. The highest BCUT2D eigenvalue weighted by atomic mass is 35.5. The fourth-order valence-electron chi connectivity index (χ4n) is 2.35. The summed E-state index contributed by atoms with van der Waals surface area (Å²) in [5, 5.41) is 2.95. The maximum atomic E-state index is 6.07. The molecule has 1 N–H and O–H groups in total. The number of H-pyrrole nitrogens is 1. The molecule has 3 heteroatoms. The van der Waals surface area contributed by atoms with Crippen molar-refractivity contribution in [2.75, 3.05) is 0 Å². The summed E-state index contributed by atoms with van der Waals surface area (Å²) in [7, 11) is 0. The van der Waals surface area contributed by atoms with Crippen molar-refractivity contribution in [3.8, 4) is 0 Å². The zero-order valence-corrected chi connectivity index (χ0v) is 10.6. The van der Waals surface area contributed by atoms with E-state index in [1.54, 1.807) is 0 Å². The Kier molecular flexibility index (Phi) is 2.33. The average molecular weight is 245 g/mol. The van der Waals surface area contributed by atoms with E-state index in [2.05, 4.69) is 42.0 Å². The van der Waals surface area contributed by atoms with E-state index in [9.17, 15) is 0 Å². The van der Waals surface area contributed by atoms with E-state index in [0.29, 0.717) is 5.15 Å². The molecule has 2 nitrogen and oxygen atoms in total. The van der Waals surface area contributed by atoms with E-state index in [1.807, 2.05) is 6.07 Å². The lowest BCUT2D eigenvalue weighted by molar-refractivity contribution is 1.05. The van der Waals surface area contributed by atoms with Crippen molar-refractivity contribution in [3.05, 3.63) is 40.7 Å². The van der Waals surface area contributed by atoms with Crippen molar-refractivity contribution >= 4 is 33.4 Å². The van der Waals surface area contributed by atoms with Crippen LogP contribution in [0.15, 0.2) is 24.3 Å². The standard InChI is InChI=1S/C14H13ClN2/c1-3-11-14-10(7-12(15)16-11)9-6-4-5-8(2)13(9)17-14/h4-7,17H,3H2,1-2H3. The highest BCUT2D eigenvalue weighted by molar-refractivity contribution is 6.30. The number of pyridine rings is 1. The van der Waals surface area contributed by atoms with Gasteiger partial charge in [0.1, 0.15) is 5.15 Å². The van der Waals surface area contributed by atoms with Crippen LogP contribution in [0.1, 0.15) is 18.2 Å². The van der Waals surface area contributed by atoms with Crippen molar-refractivity contribution in [1.29, 1.82) is 0 Å². The summed E-state index contributed by atoms with van der Waals surface area (Å²) in [4.78, 5) is 7.85. The first-order valence-electron chi connectivity index (χ1n) is 5.77. The second kappa shape index (κ2) is 3.74. The van der Waals surface area contributed by atoms with Gasteiger partial charge in [0.2, 0.25) is 0 Å². The van der Waals surface area contributed by atoms with Gasteiger partial charge in [0, 0.05) is 16.3 Å². The van der Waals surface area contributed by atoms with Crippen LogP contribution in [-0.4, -0.2) is 9.97 Å². The van der Waals surface area contributed by atoms with Gasteiger partial charge in [-0.2, -0.15) is 0 Å². The fraction of sp³-hybridized carbons (Fsp3) is 0.214. The number of rotatable bonds is 1. The van der Waals surface area contributed by atoms with Gasteiger partial charge in [-0.25, -0.2) is 4.98 Å². The predicted octanol–water partition coefficient (Wildman–Crippen LogP) is 4.24. The molecule has 0 saturated heterocycles. The molecule has 0 spiro atoms. The van der Waals surface area contributed by atoms with Gasteiger partial charge in [-0.1, -0.05) is 36.7 Å². The van der Waals surface area contributed by atoms with E-state index >= 15 is 0 Å². The Hall–Kier alpha value is -1.54. The Bertz CT molecular complexity index is 713. The molecule has 0 atom stereocenters. The number of aromatic amines is 1. The molecule has 86 valence electrons. The number of fused-ring (bicyclic) bond motifs is 3. The summed E-state index contributed by atoms with van der Waals surface area (Å²) in [6, 6.07) is 8.24. The summed E-state index contributed by atoms with van der Waals surface area (Å²) < 4.78 is 0. The third kappa shape index (κ3) is 1.52. The molecule has 0 radical (unpaired) electrons. The van der Waals surface area contributed by atoms with E-state index in [4.69, 9.17) is 11.6 Å². The molecule has 0 aliphatic rings. The number of nitrogens with zero attached hydrogens (tertiary/aromatic N) is 1. The molecule has 0 aliphatic carbocycles. The van der Waals surface area contributed by atoms with Crippen molar-refractivity contribution in [1.82, 2.24) is 9.97 Å². The van der Waals surface area contributed by atoms with Crippen LogP contribution in [0.2, 0.25) is 5.15 Å². The zero-order chi connectivity index (χ0) is 12.0. The third-order valence-electron chi connectivity index (χ3n) is 3.21. The molecule has 17 heavy (non-hydrogen) atoms. The second-order valence-electron chi connectivity index (χ2n) is 4.29. The topological polar surface area (TPSA) is 28.7 Å². The van der Waals surface area contributed by atoms with Crippen molar-refractivity contribution < 1.29 is 0 Å². The molecular weight excluding hydrogens is 232 g/mol. The highest BCUT2D eigenvalue weighted by Gasteiger charge is 2.10. The summed E-state index contributed by atoms with van der Waals surface area (Å²) in [6.45, 7) is 4.20. The Morgan fingerprint density at radius 2 is 2.06 bits per heavy atom. The Morgan fingerprint density at radius 1 is 1.24 bits per heavy atom. The lowest BCUT2D eigenvalue weighted by Gasteiger charge is -1.99.